The van der Waals surface area contributed by atoms with E-state index in [0.717, 1.165) is 17.4 Å². The second kappa shape index (κ2) is 7.81. The SMILES string of the molecule is CCNC(Cc1cncc(Br)c1)c1ccccc1SC. The molecule has 0 aliphatic rings. The number of pyridine rings is 1. The molecule has 2 aromatic rings. The Morgan fingerprint density at radius 2 is 2.10 bits per heavy atom. The van der Waals surface area contributed by atoms with E-state index < -0.39 is 0 Å². The van der Waals surface area contributed by atoms with Gasteiger partial charge in [0.05, 0.1) is 0 Å². The molecule has 1 atom stereocenters. The van der Waals surface area contributed by atoms with Gasteiger partial charge in [0.25, 0.3) is 0 Å². The van der Waals surface area contributed by atoms with Crippen molar-refractivity contribution in [2.45, 2.75) is 24.3 Å². The van der Waals surface area contributed by atoms with Gasteiger partial charge in [-0.15, -0.1) is 11.8 Å². The van der Waals surface area contributed by atoms with Gasteiger partial charge >= 0.3 is 0 Å². The molecule has 0 fully saturated rings. The van der Waals surface area contributed by atoms with Crippen LogP contribution < -0.4 is 5.32 Å². The van der Waals surface area contributed by atoms with Gasteiger partial charge in [0.15, 0.2) is 0 Å². The Morgan fingerprint density at radius 3 is 2.80 bits per heavy atom. The van der Waals surface area contributed by atoms with Gasteiger partial charge in [-0.2, -0.15) is 0 Å². The maximum Gasteiger partial charge on any atom is 0.0410 e. The minimum atomic E-state index is 0.319. The van der Waals surface area contributed by atoms with E-state index >= 15 is 0 Å². The largest absolute Gasteiger partial charge is 0.310 e. The third-order valence-corrected chi connectivity index (χ3v) is 4.41. The molecule has 4 heteroatoms. The Hall–Kier alpha value is -0.840. The fourth-order valence-corrected chi connectivity index (χ4v) is 3.37. The van der Waals surface area contributed by atoms with Crippen molar-refractivity contribution >= 4 is 27.7 Å². The quantitative estimate of drug-likeness (QED) is 0.778. The van der Waals surface area contributed by atoms with Crippen molar-refractivity contribution in [3.05, 3.63) is 58.3 Å². The highest BCUT2D eigenvalue weighted by molar-refractivity contribution is 9.10. The number of benzene rings is 1. The summed E-state index contributed by atoms with van der Waals surface area (Å²) < 4.78 is 1.03. The van der Waals surface area contributed by atoms with Crippen LogP contribution in [-0.2, 0) is 6.42 Å². The lowest BCUT2D eigenvalue weighted by molar-refractivity contribution is 0.541. The summed E-state index contributed by atoms with van der Waals surface area (Å²) in [5, 5.41) is 3.59. The van der Waals surface area contributed by atoms with Crippen LogP contribution in [0.4, 0.5) is 0 Å². The highest BCUT2D eigenvalue weighted by atomic mass is 79.9. The average Bonchev–Trinajstić information content (AvgIpc) is 2.47. The molecule has 2 rings (SSSR count). The van der Waals surface area contributed by atoms with Gasteiger partial charge in [-0.1, -0.05) is 25.1 Å². The Labute approximate surface area is 133 Å². The molecular formula is C16H19BrN2S. The van der Waals surface area contributed by atoms with Crippen LogP contribution in [-0.4, -0.2) is 17.8 Å². The summed E-state index contributed by atoms with van der Waals surface area (Å²) in [6.45, 7) is 3.10. The zero-order chi connectivity index (χ0) is 14.4. The molecule has 20 heavy (non-hydrogen) atoms. The standard InChI is InChI=1S/C16H19BrN2S/c1-3-19-15(9-12-8-13(17)11-18-10-12)14-6-4-5-7-16(14)20-2/h4-8,10-11,15,19H,3,9H2,1-2H3. The van der Waals surface area contributed by atoms with Crippen LogP contribution in [0.2, 0.25) is 0 Å². The molecule has 106 valence electrons. The van der Waals surface area contributed by atoms with Crippen LogP contribution in [0.15, 0.2) is 52.1 Å². The number of likely N-dealkylation sites (N-methyl/N-ethyl adjacent to an activating group) is 1. The van der Waals surface area contributed by atoms with Gasteiger partial charge in [-0.25, -0.2) is 0 Å². The average molecular weight is 351 g/mol. The number of thioether (sulfide) groups is 1. The molecule has 1 aromatic heterocycles. The first-order valence-corrected chi connectivity index (χ1v) is 8.72. The van der Waals surface area contributed by atoms with E-state index in [4.69, 9.17) is 0 Å². The van der Waals surface area contributed by atoms with E-state index in [1.165, 1.54) is 16.0 Å². The van der Waals surface area contributed by atoms with E-state index in [1.54, 1.807) is 11.8 Å². The molecule has 0 saturated carbocycles. The maximum absolute atomic E-state index is 4.25. The number of halogens is 1. The summed E-state index contributed by atoms with van der Waals surface area (Å²) in [5.41, 5.74) is 2.60. The van der Waals surface area contributed by atoms with Crippen molar-refractivity contribution in [1.29, 1.82) is 0 Å². The van der Waals surface area contributed by atoms with E-state index in [-0.39, 0.29) is 0 Å². The lowest BCUT2D eigenvalue weighted by atomic mass is 10.00. The van der Waals surface area contributed by atoms with E-state index in [1.807, 2.05) is 12.4 Å². The molecule has 0 aliphatic carbocycles. The third-order valence-electron chi connectivity index (χ3n) is 3.17. The van der Waals surface area contributed by atoms with Gasteiger partial charge in [0.2, 0.25) is 0 Å². The van der Waals surface area contributed by atoms with Crippen LogP contribution in [0, 0.1) is 0 Å². The summed E-state index contributed by atoms with van der Waals surface area (Å²) in [7, 11) is 0. The van der Waals surface area contributed by atoms with E-state index in [9.17, 15) is 0 Å². The van der Waals surface area contributed by atoms with Crippen LogP contribution in [0.25, 0.3) is 0 Å². The summed E-state index contributed by atoms with van der Waals surface area (Å²) >= 11 is 5.29. The fourth-order valence-electron chi connectivity index (χ4n) is 2.30. The number of aromatic nitrogens is 1. The molecule has 0 aliphatic heterocycles. The third kappa shape index (κ3) is 4.08. The molecule has 2 nitrogen and oxygen atoms in total. The molecule has 0 spiro atoms. The molecule has 1 heterocycles. The Kier molecular flexibility index (Phi) is 6.07. The normalized spacial score (nSPS) is 12.3. The number of nitrogens with one attached hydrogen (secondary N) is 1. The summed E-state index contributed by atoms with van der Waals surface area (Å²) in [4.78, 5) is 5.59. The maximum atomic E-state index is 4.25. The molecule has 1 aromatic carbocycles. The van der Waals surface area contributed by atoms with Crippen molar-refractivity contribution in [1.82, 2.24) is 10.3 Å². The van der Waals surface area contributed by atoms with Gasteiger partial charge in [0.1, 0.15) is 0 Å². The minimum Gasteiger partial charge on any atom is -0.310 e. The molecule has 0 bridgehead atoms. The van der Waals surface area contributed by atoms with Crippen LogP contribution >= 0.6 is 27.7 Å². The summed E-state index contributed by atoms with van der Waals surface area (Å²) in [5.74, 6) is 0. The van der Waals surface area contributed by atoms with Crippen molar-refractivity contribution in [2.75, 3.05) is 12.8 Å². The number of hydrogen-bond acceptors (Lipinski definition) is 3. The zero-order valence-electron chi connectivity index (χ0n) is 11.8. The van der Waals surface area contributed by atoms with Crippen LogP contribution in [0.5, 0.6) is 0 Å². The molecular weight excluding hydrogens is 332 g/mol. The van der Waals surface area contributed by atoms with Gasteiger partial charge < -0.3 is 5.32 Å². The monoisotopic (exact) mass is 350 g/mol. The van der Waals surface area contributed by atoms with Crippen molar-refractivity contribution in [3.63, 3.8) is 0 Å². The minimum absolute atomic E-state index is 0.319. The second-order valence-electron chi connectivity index (χ2n) is 4.57. The van der Waals surface area contributed by atoms with Crippen molar-refractivity contribution in [3.8, 4) is 0 Å². The lowest BCUT2D eigenvalue weighted by Gasteiger charge is -2.21. The second-order valence-corrected chi connectivity index (χ2v) is 6.33. The van der Waals surface area contributed by atoms with E-state index in [2.05, 4.69) is 69.7 Å². The lowest BCUT2D eigenvalue weighted by Crippen LogP contribution is -2.23. The highest BCUT2D eigenvalue weighted by Gasteiger charge is 2.14. The predicted molar refractivity (Wildman–Crippen MR) is 90.3 cm³/mol. The summed E-state index contributed by atoms with van der Waals surface area (Å²) in [6.07, 6.45) is 6.83. The Balaban J connectivity index is 2.26. The van der Waals surface area contributed by atoms with Crippen molar-refractivity contribution < 1.29 is 0 Å². The predicted octanol–water partition coefficient (Wildman–Crippen LogP) is 4.46. The van der Waals surface area contributed by atoms with Crippen LogP contribution in [0.3, 0.4) is 0 Å². The van der Waals surface area contributed by atoms with E-state index in [0.29, 0.717) is 6.04 Å². The number of nitrogens with zero attached hydrogens (tertiary/aromatic N) is 1. The summed E-state index contributed by atoms with van der Waals surface area (Å²) in [6, 6.07) is 11.1. The fraction of sp³-hybridized carbons (Fsp3) is 0.312. The number of hydrogen-bond donors (Lipinski definition) is 1. The van der Waals surface area contributed by atoms with Gasteiger partial charge in [-0.05, 0) is 58.4 Å². The number of rotatable bonds is 6. The van der Waals surface area contributed by atoms with Crippen LogP contribution in [0.1, 0.15) is 24.1 Å². The molecule has 0 radical (unpaired) electrons. The first kappa shape index (κ1) is 15.5. The molecule has 1 N–H and O–H groups in total. The van der Waals surface area contributed by atoms with Gasteiger partial charge in [-0.3, -0.25) is 4.98 Å². The topological polar surface area (TPSA) is 24.9 Å². The Bertz CT molecular complexity index is 560. The smallest absolute Gasteiger partial charge is 0.0410 e. The first-order valence-electron chi connectivity index (χ1n) is 6.70. The molecule has 0 amide bonds. The first-order chi connectivity index (χ1) is 9.74. The molecule has 0 saturated heterocycles. The van der Waals surface area contributed by atoms with Crippen molar-refractivity contribution in [2.24, 2.45) is 0 Å². The zero-order valence-corrected chi connectivity index (χ0v) is 14.2. The van der Waals surface area contributed by atoms with Gasteiger partial charge in [0, 0.05) is 27.8 Å². The Morgan fingerprint density at radius 1 is 1.30 bits per heavy atom. The highest BCUT2D eigenvalue weighted by Crippen LogP contribution is 2.28. The molecule has 1 unspecified atom stereocenters.